The largest absolute Gasteiger partial charge is 0.390 e. The molecule has 0 aliphatic rings. The van der Waals surface area contributed by atoms with Crippen LogP contribution >= 0.6 is 11.6 Å². The van der Waals surface area contributed by atoms with Gasteiger partial charge >= 0.3 is 0 Å². The zero-order valence-electron chi connectivity index (χ0n) is 6.67. The molecule has 1 rings (SSSR count). The molecule has 0 heterocycles. The van der Waals surface area contributed by atoms with Crippen molar-refractivity contribution in [3.05, 3.63) is 34.9 Å². The van der Waals surface area contributed by atoms with Crippen LogP contribution in [0.5, 0.6) is 0 Å². The molecule has 1 aromatic carbocycles. The Hall–Kier alpha value is -0.600. The smallest absolute Gasteiger partial charge is 0.151 e. The summed E-state index contributed by atoms with van der Waals surface area (Å²) in [5.41, 5.74) is 0.453. The lowest BCUT2D eigenvalue weighted by molar-refractivity contribution is 0.0933. The SMILES string of the molecule is CC(O)C(F)c1ccc(Cl)cc1. The lowest BCUT2D eigenvalue weighted by atomic mass is 10.1. The van der Waals surface area contributed by atoms with Crippen LogP contribution in [0.1, 0.15) is 18.7 Å². The number of alkyl halides is 1. The van der Waals surface area contributed by atoms with Crippen LogP contribution in [0.15, 0.2) is 24.3 Å². The van der Waals surface area contributed by atoms with Crippen LogP contribution in [-0.2, 0) is 0 Å². The zero-order valence-corrected chi connectivity index (χ0v) is 7.42. The van der Waals surface area contributed by atoms with Gasteiger partial charge in [0.2, 0.25) is 0 Å². The molecule has 0 aliphatic carbocycles. The highest BCUT2D eigenvalue weighted by atomic mass is 35.5. The molecule has 0 saturated carbocycles. The highest BCUT2D eigenvalue weighted by Gasteiger charge is 2.14. The predicted octanol–water partition coefficient (Wildman–Crippen LogP) is 2.73. The Kier molecular flexibility index (Phi) is 3.06. The molecule has 0 aliphatic heterocycles. The van der Waals surface area contributed by atoms with Crippen LogP contribution in [0, 0.1) is 0 Å². The van der Waals surface area contributed by atoms with E-state index in [2.05, 4.69) is 0 Å². The molecule has 0 amide bonds. The summed E-state index contributed by atoms with van der Waals surface area (Å²) in [4.78, 5) is 0. The van der Waals surface area contributed by atoms with E-state index in [9.17, 15) is 4.39 Å². The van der Waals surface area contributed by atoms with Gasteiger partial charge in [0.05, 0.1) is 6.10 Å². The Morgan fingerprint density at radius 3 is 2.25 bits per heavy atom. The normalized spacial score (nSPS) is 15.7. The number of hydrogen-bond acceptors (Lipinski definition) is 1. The van der Waals surface area contributed by atoms with Gasteiger partial charge in [-0.15, -0.1) is 0 Å². The Balaban J connectivity index is 2.82. The van der Waals surface area contributed by atoms with Crippen molar-refractivity contribution in [1.82, 2.24) is 0 Å². The highest BCUT2D eigenvalue weighted by molar-refractivity contribution is 6.30. The van der Waals surface area contributed by atoms with E-state index in [1.807, 2.05) is 0 Å². The second kappa shape index (κ2) is 3.87. The first-order valence-electron chi connectivity index (χ1n) is 3.69. The van der Waals surface area contributed by atoms with E-state index in [0.717, 1.165) is 0 Å². The molecule has 0 bridgehead atoms. The number of aliphatic hydroxyl groups is 1. The van der Waals surface area contributed by atoms with Crippen molar-refractivity contribution in [2.24, 2.45) is 0 Å². The van der Waals surface area contributed by atoms with Gasteiger partial charge in [0, 0.05) is 5.02 Å². The third-order valence-corrected chi connectivity index (χ3v) is 1.86. The molecule has 1 nitrogen and oxygen atoms in total. The summed E-state index contributed by atoms with van der Waals surface area (Å²) >= 11 is 5.61. The number of hydrogen-bond donors (Lipinski definition) is 1. The van der Waals surface area contributed by atoms with E-state index >= 15 is 0 Å². The van der Waals surface area contributed by atoms with Gasteiger partial charge in [0.15, 0.2) is 6.17 Å². The van der Waals surface area contributed by atoms with E-state index in [-0.39, 0.29) is 0 Å². The molecule has 0 radical (unpaired) electrons. The molecule has 3 heteroatoms. The van der Waals surface area contributed by atoms with Crippen LogP contribution in [0.3, 0.4) is 0 Å². The first-order chi connectivity index (χ1) is 5.61. The summed E-state index contributed by atoms with van der Waals surface area (Å²) in [6, 6.07) is 6.34. The van der Waals surface area contributed by atoms with Gasteiger partial charge in [-0.25, -0.2) is 4.39 Å². The van der Waals surface area contributed by atoms with Crippen molar-refractivity contribution in [3.8, 4) is 0 Å². The fraction of sp³-hybridized carbons (Fsp3) is 0.333. The maximum Gasteiger partial charge on any atom is 0.151 e. The Morgan fingerprint density at radius 1 is 1.33 bits per heavy atom. The third-order valence-electron chi connectivity index (χ3n) is 1.61. The molecule has 0 saturated heterocycles. The van der Waals surface area contributed by atoms with Crippen molar-refractivity contribution in [2.45, 2.75) is 19.2 Å². The molecular formula is C9H10ClFO. The standard InChI is InChI=1S/C9H10ClFO/c1-6(12)9(11)7-2-4-8(10)5-3-7/h2-6,9,12H,1H3. The van der Waals surface area contributed by atoms with Gasteiger partial charge in [-0.1, -0.05) is 23.7 Å². The minimum absolute atomic E-state index is 0.453. The summed E-state index contributed by atoms with van der Waals surface area (Å²) in [5.74, 6) is 0. The molecule has 2 unspecified atom stereocenters. The minimum Gasteiger partial charge on any atom is -0.390 e. The Labute approximate surface area is 75.8 Å². The maximum absolute atomic E-state index is 13.1. The maximum atomic E-state index is 13.1. The van der Waals surface area contributed by atoms with Crippen LogP contribution in [0.4, 0.5) is 4.39 Å². The monoisotopic (exact) mass is 188 g/mol. The Morgan fingerprint density at radius 2 is 1.83 bits per heavy atom. The van der Waals surface area contributed by atoms with Gasteiger partial charge in [0.1, 0.15) is 0 Å². The second-order valence-corrected chi connectivity index (χ2v) is 3.13. The molecule has 2 atom stereocenters. The van der Waals surface area contributed by atoms with E-state index in [0.29, 0.717) is 10.6 Å². The molecule has 12 heavy (non-hydrogen) atoms. The van der Waals surface area contributed by atoms with E-state index in [4.69, 9.17) is 16.7 Å². The van der Waals surface area contributed by atoms with E-state index in [1.165, 1.54) is 6.92 Å². The lowest BCUT2D eigenvalue weighted by Gasteiger charge is -2.10. The number of rotatable bonds is 2. The third kappa shape index (κ3) is 2.19. The first kappa shape index (κ1) is 9.49. The molecule has 1 N–H and O–H groups in total. The fourth-order valence-electron chi connectivity index (χ4n) is 0.925. The van der Waals surface area contributed by atoms with Gasteiger partial charge < -0.3 is 5.11 Å². The average molecular weight is 189 g/mol. The summed E-state index contributed by atoms with van der Waals surface area (Å²) in [6.07, 6.45) is -2.31. The molecule has 66 valence electrons. The van der Waals surface area contributed by atoms with Gasteiger partial charge in [-0.05, 0) is 24.6 Å². The van der Waals surface area contributed by atoms with Crippen molar-refractivity contribution in [2.75, 3.05) is 0 Å². The molecule has 1 aromatic rings. The number of aliphatic hydroxyl groups excluding tert-OH is 1. The van der Waals surface area contributed by atoms with Gasteiger partial charge in [-0.2, -0.15) is 0 Å². The van der Waals surface area contributed by atoms with Crippen molar-refractivity contribution in [3.63, 3.8) is 0 Å². The minimum atomic E-state index is -1.33. The number of halogens is 2. The summed E-state index contributed by atoms with van der Waals surface area (Å²) in [7, 11) is 0. The van der Waals surface area contributed by atoms with Crippen LogP contribution < -0.4 is 0 Å². The molecule has 0 aromatic heterocycles. The first-order valence-corrected chi connectivity index (χ1v) is 4.06. The number of benzene rings is 1. The average Bonchev–Trinajstić information content (AvgIpc) is 2.04. The predicted molar refractivity (Wildman–Crippen MR) is 47.0 cm³/mol. The quantitative estimate of drug-likeness (QED) is 0.757. The molecular weight excluding hydrogens is 179 g/mol. The van der Waals surface area contributed by atoms with Crippen LogP contribution in [-0.4, -0.2) is 11.2 Å². The zero-order chi connectivity index (χ0) is 9.14. The molecule has 0 fully saturated rings. The van der Waals surface area contributed by atoms with Gasteiger partial charge in [-0.3, -0.25) is 0 Å². The topological polar surface area (TPSA) is 20.2 Å². The summed E-state index contributed by atoms with van der Waals surface area (Å²) < 4.78 is 13.1. The van der Waals surface area contributed by atoms with Crippen molar-refractivity contribution >= 4 is 11.6 Å². The van der Waals surface area contributed by atoms with E-state index < -0.39 is 12.3 Å². The highest BCUT2D eigenvalue weighted by Crippen LogP contribution is 2.22. The Bertz CT molecular complexity index is 245. The van der Waals surface area contributed by atoms with Crippen LogP contribution in [0.2, 0.25) is 5.02 Å². The van der Waals surface area contributed by atoms with Crippen LogP contribution in [0.25, 0.3) is 0 Å². The summed E-state index contributed by atoms with van der Waals surface area (Å²) in [6.45, 7) is 1.42. The van der Waals surface area contributed by atoms with E-state index in [1.54, 1.807) is 24.3 Å². The van der Waals surface area contributed by atoms with Crippen molar-refractivity contribution < 1.29 is 9.50 Å². The molecule has 0 spiro atoms. The fourth-order valence-corrected chi connectivity index (χ4v) is 1.05. The van der Waals surface area contributed by atoms with Gasteiger partial charge in [0.25, 0.3) is 0 Å². The second-order valence-electron chi connectivity index (χ2n) is 2.69. The lowest BCUT2D eigenvalue weighted by Crippen LogP contribution is -2.09. The van der Waals surface area contributed by atoms with Crippen molar-refractivity contribution in [1.29, 1.82) is 0 Å². The summed E-state index contributed by atoms with van der Waals surface area (Å²) in [5, 5.41) is 9.50.